The van der Waals surface area contributed by atoms with Crippen LogP contribution in [0, 0.1) is 13.8 Å². The minimum Gasteiger partial charge on any atom is -0.342 e. The molecular formula is C20H27N3OS. The molecule has 1 amide bonds. The van der Waals surface area contributed by atoms with Crippen LogP contribution in [-0.2, 0) is 4.79 Å². The summed E-state index contributed by atoms with van der Waals surface area (Å²) < 4.78 is 2.10. The Morgan fingerprint density at radius 2 is 1.88 bits per heavy atom. The molecule has 1 aromatic heterocycles. The van der Waals surface area contributed by atoms with Crippen molar-refractivity contribution in [2.45, 2.75) is 56.9 Å². The minimum atomic E-state index is -0.121. The van der Waals surface area contributed by atoms with Crippen molar-refractivity contribution in [1.29, 1.82) is 0 Å². The first-order valence-electron chi connectivity index (χ1n) is 9.13. The van der Waals surface area contributed by atoms with E-state index in [-0.39, 0.29) is 11.2 Å². The molecule has 1 saturated heterocycles. The molecule has 25 heavy (non-hydrogen) atoms. The highest BCUT2D eigenvalue weighted by Gasteiger charge is 2.24. The number of likely N-dealkylation sites (tertiary alicyclic amines) is 1. The molecular weight excluding hydrogens is 330 g/mol. The maximum atomic E-state index is 12.8. The Morgan fingerprint density at radius 3 is 2.60 bits per heavy atom. The zero-order valence-corrected chi connectivity index (χ0v) is 16.2. The molecule has 3 rings (SSSR count). The van der Waals surface area contributed by atoms with E-state index in [1.807, 2.05) is 24.2 Å². The van der Waals surface area contributed by atoms with Crippen LogP contribution in [-0.4, -0.2) is 38.7 Å². The van der Waals surface area contributed by atoms with Crippen LogP contribution in [0.3, 0.4) is 0 Å². The molecule has 0 radical (unpaired) electrons. The first kappa shape index (κ1) is 18.1. The summed E-state index contributed by atoms with van der Waals surface area (Å²) in [6.45, 7) is 8.04. The number of carbonyl (C=O) groups is 1. The lowest BCUT2D eigenvalue weighted by molar-refractivity contribution is -0.130. The second kappa shape index (κ2) is 8.09. The lowest BCUT2D eigenvalue weighted by Gasteiger charge is -2.24. The second-order valence-electron chi connectivity index (χ2n) is 6.80. The van der Waals surface area contributed by atoms with Gasteiger partial charge in [-0.05, 0) is 50.8 Å². The first-order chi connectivity index (χ1) is 12.1. The van der Waals surface area contributed by atoms with Crippen molar-refractivity contribution in [3.05, 3.63) is 41.7 Å². The molecule has 1 aliphatic heterocycles. The molecule has 1 fully saturated rings. The van der Waals surface area contributed by atoms with Gasteiger partial charge in [0, 0.05) is 25.5 Å². The summed E-state index contributed by atoms with van der Waals surface area (Å²) in [5.74, 6) is 0.238. The number of aryl methyl sites for hydroxylation is 1. The summed E-state index contributed by atoms with van der Waals surface area (Å²) in [5.41, 5.74) is 3.64. The van der Waals surface area contributed by atoms with Crippen molar-refractivity contribution in [2.24, 2.45) is 0 Å². The number of hydrogen-bond donors (Lipinski definition) is 0. The molecule has 134 valence electrons. The Morgan fingerprint density at radius 1 is 1.16 bits per heavy atom. The summed E-state index contributed by atoms with van der Waals surface area (Å²) in [4.78, 5) is 19.4. The van der Waals surface area contributed by atoms with E-state index in [2.05, 4.69) is 41.6 Å². The molecule has 0 N–H and O–H groups in total. The highest BCUT2D eigenvalue weighted by molar-refractivity contribution is 8.00. The van der Waals surface area contributed by atoms with E-state index in [4.69, 9.17) is 0 Å². The van der Waals surface area contributed by atoms with E-state index in [1.54, 1.807) is 11.8 Å². The van der Waals surface area contributed by atoms with Crippen LogP contribution in [0.2, 0.25) is 0 Å². The molecule has 0 bridgehead atoms. The van der Waals surface area contributed by atoms with Gasteiger partial charge in [0.2, 0.25) is 5.91 Å². The van der Waals surface area contributed by atoms with Gasteiger partial charge in [0.05, 0.1) is 10.9 Å². The van der Waals surface area contributed by atoms with E-state index < -0.39 is 0 Å². The third-order valence-corrected chi connectivity index (χ3v) is 6.06. The fourth-order valence-electron chi connectivity index (χ4n) is 3.31. The quantitative estimate of drug-likeness (QED) is 0.763. The lowest BCUT2D eigenvalue weighted by atomic mass is 10.1. The molecule has 2 aromatic rings. The van der Waals surface area contributed by atoms with Crippen molar-refractivity contribution in [2.75, 3.05) is 13.1 Å². The molecule has 2 heterocycles. The highest BCUT2D eigenvalue weighted by Crippen LogP contribution is 2.28. The van der Waals surface area contributed by atoms with Crippen LogP contribution < -0.4 is 0 Å². The largest absolute Gasteiger partial charge is 0.342 e. The van der Waals surface area contributed by atoms with Crippen LogP contribution in [0.4, 0.5) is 0 Å². The molecule has 0 aliphatic carbocycles. The number of aromatic nitrogens is 2. The molecule has 1 aromatic carbocycles. The smallest absolute Gasteiger partial charge is 0.235 e. The normalized spacial score (nSPS) is 16.5. The minimum absolute atomic E-state index is 0.121. The number of imidazole rings is 1. The van der Waals surface area contributed by atoms with E-state index in [0.717, 1.165) is 36.8 Å². The molecule has 0 spiro atoms. The van der Waals surface area contributed by atoms with Gasteiger partial charge in [0.1, 0.15) is 0 Å². The predicted molar refractivity (Wildman–Crippen MR) is 103 cm³/mol. The Labute approximate surface area is 154 Å². The Bertz CT molecular complexity index is 732. The third kappa shape index (κ3) is 4.09. The van der Waals surface area contributed by atoms with Crippen LogP contribution in [0.5, 0.6) is 0 Å². The van der Waals surface area contributed by atoms with Crippen molar-refractivity contribution in [3.63, 3.8) is 0 Å². The summed E-state index contributed by atoms with van der Waals surface area (Å²) >= 11 is 1.56. The molecule has 1 atom stereocenters. The SMILES string of the molecule is Cc1cccc(-n2ccnc2SC(C)C(=O)N2CCCCCC2)c1C. The average Bonchev–Trinajstić information content (AvgIpc) is 2.89. The number of thioether (sulfide) groups is 1. The van der Waals surface area contributed by atoms with Crippen molar-refractivity contribution in [3.8, 4) is 5.69 Å². The number of hydrogen-bond acceptors (Lipinski definition) is 3. The molecule has 4 nitrogen and oxygen atoms in total. The Hall–Kier alpha value is -1.75. The van der Waals surface area contributed by atoms with Crippen molar-refractivity contribution in [1.82, 2.24) is 14.5 Å². The van der Waals surface area contributed by atoms with Crippen LogP contribution in [0.25, 0.3) is 5.69 Å². The van der Waals surface area contributed by atoms with Crippen LogP contribution in [0.15, 0.2) is 35.7 Å². The molecule has 1 unspecified atom stereocenters. The van der Waals surface area contributed by atoms with E-state index in [0.29, 0.717) is 0 Å². The van der Waals surface area contributed by atoms with Gasteiger partial charge in [-0.15, -0.1) is 0 Å². The monoisotopic (exact) mass is 357 g/mol. The Kier molecular flexibility index (Phi) is 5.84. The number of amides is 1. The second-order valence-corrected chi connectivity index (χ2v) is 8.11. The number of carbonyl (C=O) groups excluding carboxylic acids is 1. The maximum absolute atomic E-state index is 12.8. The van der Waals surface area contributed by atoms with E-state index >= 15 is 0 Å². The van der Waals surface area contributed by atoms with Crippen molar-refractivity contribution < 1.29 is 4.79 Å². The van der Waals surface area contributed by atoms with E-state index in [9.17, 15) is 4.79 Å². The first-order valence-corrected chi connectivity index (χ1v) is 10.0. The van der Waals surface area contributed by atoms with Crippen LogP contribution in [0.1, 0.15) is 43.7 Å². The number of rotatable bonds is 4. The average molecular weight is 358 g/mol. The van der Waals surface area contributed by atoms with Crippen LogP contribution >= 0.6 is 11.8 Å². The fraction of sp³-hybridized carbons (Fsp3) is 0.500. The summed E-state index contributed by atoms with van der Waals surface area (Å²) in [5, 5.41) is 0.758. The van der Waals surface area contributed by atoms with E-state index in [1.165, 1.54) is 24.0 Å². The topological polar surface area (TPSA) is 38.1 Å². The predicted octanol–water partition coefficient (Wildman–Crippen LogP) is 4.37. The fourth-order valence-corrected chi connectivity index (χ4v) is 4.27. The van der Waals surface area contributed by atoms with Gasteiger partial charge in [-0.1, -0.05) is 36.7 Å². The molecule has 5 heteroatoms. The molecule has 0 saturated carbocycles. The van der Waals surface area contributed by atoms with Gasteiger partial charge in [0.25, 0.3) is 0 Å². The summed E-state index contributed by atoms with van der Waals surface area (Å²) in [6, 6.07) is 6.29. The summed E-state index contributed by atoms with van der Waals surface area (Å²) in [7, 11) is 0. The number of nitrogens with zero attached hydrogens (tertiary/aromatic N) is 3. The van der Waals surface area contributed by atoms with Gasteiger partial charge in [-0.25, -0.2) is 4.98 Å². The zero-order chi connectivity index (χ0) is 17.8. The van der Waals surface area contributed by atoms with Gasteiger partial charge in [0.15, 0.2) is 5.16 Å². The van der Waals surface area contributed by atoms with Gasteiger partial charge < -0.3 is 4.90 Å². The number of benzene rings is 1. The highest BCUT2D eigenvalue weighted by atomic mass is 32.2. The maximum Gasteiger partial charge on any atom is 0.235 e. The Balaban J connectivity index is 1.76. The van der Waals surface area contributed by atoms with Gasteiger partial charge in [-0.3, -0.25) is 9.36 Å². The van der Waals surface area contributed by atoms with Gasteiger partial charge in [-0.2, -0.15) is 0 Å². The van der Waals surface area contributed by atoms with Gasteiger partial charge >= 0.3 is 0 Å². The third-order valence-electron chi connectivity index (χ3n) is 4.99. The lowest BCUT2D eigenvalue weighted by Crippen LogP contribution is -2.37. The zero-order valence-electron chi connectivity index (χ0n) is 15.4. The summed E-state index contributed by atoms with van der Waals surface area (Å²) in [6.07, 6.45) is 8.52. The standard InChI is InChI=1S/C20H27N3OS/c1-15-9-8-10-18(16(15)2)23-14-11-21-20(23)25-17(3)19(24)22-12-6-4-5-7-13-22/h8-11,14,17H,4-7,12-13H2,1-3H3. The molecule has 1 aliphatic rings. The van der Waals surface area contributed by atoms with Crippen molar-refractivity contribution >= 4 is 17.7 Å².